The summed E-state index contributed by atoms with van der Waals surface area (Å²) in [7, 11) is 0. The van der Waals surface area contributed by atoms with E-state index < -0.39 is 0 Å². The summed E-state index contributed by atoms with van der Waals surface area (Å²) in [6, 6.07) is 7.34. The molecule has 19 heavy (non-hydrogen) atoms. The number of hydrogen-bond acceptors (Lipinski definition) is 2. The molecule has 1 aliphatic rings. The third kappa shape index (κ3) is 3.82. The maximum Gasteiger partial charge on any atom is 0.244 e. The van der Waals surface area contributed by atoms with Crippen molar-refractivity contribution in [2.75, 3.05) is 6.54 Å². The van der Waals surface area contributed by atoms with E-state index in [1.165, 1.54) is 0 Å². The van der Waals surface area contributed by atoms with E-state index in [9.17, 15) is 4.79 Å². The first-order chi connectivity index (χ1) is 9.03. The molecule has 1 unspecified atom stereocenters. The Labute approximate surface area is 118 Å². The molecule has 0 spiro atoms. The van der Waals surface area contributed by atoms with Gasteiger partial charge in [-0.3, -0.25) is 4.79 Å². The number of benzene rings is 1. The number of amides is 1. The molecule has 1 aromatic rings. The molecular formula is C15H19ClN2O. The van der Waals surface area contributed by atoms with E-state index in [4.69, 9.17) is 17.3 Å². The zero-order chi connectivity index (χ0) is 13.9. The number of hydrogen-bond donors (Lipinski definition) is 2. The van der Waals surface area contributed by atoms with Crippen molar-refractivity contribution in [3.05, 3.63) is 40.9 Å². The van der Waals surface area contributed by atoms with Gasteiger partial charge in [0.1, 0.15) is 0 Å². The first kappa shape index (κ1) is 14.1. The Balaban J connectivity index is 1.95. The van der Waals surface area contributed by atoms with E-state index in [2.05, 4.69) is 5.32 Å². The lowest BCUT2D eigenvalue weighted by Gasteiger charge is -2.28. The minimum absolute atomic E-state index is 0.102. The van der Waals surface area contributed by atoms with E-state index in [0.717, 1.165) is 18.4 Å². The molecule has 0 heterocycles. The van der Waals surface area contributed by atoms with Gasteiger partial charge in [-0.1, -0.05) is 23.7 Å². The van der Waals surface area contributed by atoms with Crippen LogP contribution >= 0.6 is 11.6 Å². The summed E-state index contributed by atoms with van der Waals surface area (Å²) in [4.78, 5) is 11.9. The zero-order valence-corrected chi connectivity index (χ0v) is 11.8. The summed E-state index contributed by atoms with van der Waals surface area (Å²) >= 11 is 5.80. The predicted molar refractivity (Wildman–Crippen MR) is 78.8 cm³/mol. The number of halogens is 1. The summed E-state index contributed by atoms with van der Waals surface area (Å²) in [6.45, 7) is 2.48. The lowest BCUT2D eigenvalue weighted by molar-refractivity contribution is -0.118. The standard InChI is InChI=1S/C15H19ClN2O/c1-15(10-17,12-5-6-12)18-14(19)9-4-11-2-7-13(16)8-3-11/h2-4,7-9,12H,5-6,10,17H2,1H3,(H,18,19)/b9-4+. The molecule has 1 saturated carbocycles. The van der Waals surface area contributed by atoms with Crippen LogP contribution in [-0.4, -0.2) is 18.0 Å². The Morgan fingerprint density at radius 3 is 2.63 bits per heavy atom. The average Bonchev–Trinajstić information content (AvgIpc) is 3.22. The van der Waals surface area contributed by atoms with Gasteiger partial charge < -0.3 is 11.1 Å². The number of nitrogens with two attached hydrogens (primary N) is 1. The smallest absolute Gasteiger partial charge is 0.244 e. The van der Waals surface area contributed by atoms with Gasteiger partial charge in [0, 0.05) is 17.6 Å². The van der Waals surface area contributed by atoms with Crippen molar-refractivity contribution >= 4 is 23.6 Å². The highest BCUT2D eigenvalue weighted by Gasteiger charge is 2.41. The molecule has 3 N–H and O–H groups in total. The summed E-state index contributed by atoms with van der Waals surface area (Å²) in [5.41, 5.74) is 6.44. The van der Waals surface area contributed by atoms with Crippen LogP contribution < -0.4 is 11.1 Å². The van der Waals surface area contributed by atoms with Crippen molar-refractivity contribution < 1.29 is 4.79 Å². The second kappa shape index (κ2) is 5.76. The van der Waals surface area contributed by atoms with Gasteiger partial charge in [0.15, 0.2) is 0 Å². The van der Waals surface area contributed by atoms with E-state index in [1.807, 2.05) is 19.1 Å². The van der Waals surface area contributed by atoms with Crippen molar-refractivity contribution in [2.45, 2.75) is 25.3 Å². The molecule has 1 atom stereocenters. The van der Waals surface area contributed by atoms with E-state index >= 15 is 0 Å². The highest BCUT2D eigenvalue weighted by atomic mass is 35.5. The predicted octanol–water partition coefficient (Wildman–Crippen LogP) is 2.60. The summed E-state index contributed by atoms with van der Waals surface area (Å²) < 4.78 is 0. The van der Waals surface area contributed by atoms with Gasteiger partial charge in [-0.25, -0.2) is 0 Å². The molecule has 0 radical (unpaired) electrons. The second-order valence-corrected chi connectivity index (χ2v) is 5.71. The van der Waals surface area contributed by atoms with Gasteiger partial charge in [-0.2, -0.15) is 0 Å². The fourth-order valence-electron chi connectivity index (χ4n) is 2.11. The third-order valence-corrected chi connectivity index (χ3v) is 3.86. The molecule has 1 amide bonds. The number of rotatable bonds is 5. The molecular weight excluding hydrogens is 260 g/mol. The normalized spacial score (nSPS) is 18.3. The molecule has 2 rings (SSSR count). The molecule has 1 aliphatic carbocycles. The average molecular weight is 279 g/mol. The topological polar surface area (TPSA) is 55.1 Å². The van der Waals surface area contributed by atoms with E-state index in [1.54, 1.807) is 24.3 Å². The third-order valence-electron chi connectivity index (χ3n) is 3.61. The minimum Gasteiger partial charge on any atom is -0.346 e. The van der Waals surface area contributed by atoms with E-state index in [0.29, 0.717) is 17.5 Å². The molecule has 1 fully saturated rings. The van der Waals surface area contributed by atoms with Crippen LogP contribution in [0.15, 0.2) is 30.3 Å². The first-order valence-electron chi connectivity index (χ1n) is 6.49. The van der Waals surface area contributed by atoms with Crippen molar-refractivity contribution in [1.82, 2.24) is 5.32 Å². The van der Waals surface area contributed by atoms with Crippen molar-refractivity contribution in [3.63, 3.8) is 0 Å². The van der Waals surface area contributed by atoms with Crippen LogP contribution in [0.3, 0.4) is 0 Å². The molecule has 4 heteroatoms. The van der Waals surface area contributed by atoms with Gasteiger partial charge in [0.2, 0.25) is 5.91 Å². The van der Waals surface area contributed by atoms with Crippen LogP contribution in [0.2, 0.25) is 5.02 Å². The quantitative estimate of drug-likeness (QED) is 0.814. The number of carbonyl (C=O) groups is 1. The molecule has 0 bridgehead atoms. The van der Waals surface area contributed by atoms with Crippen molar-refractivity contribution in [1.29, 1.82) is 0 Å². The Hall–Kier alpha value is -1.32. The van der Waals surface area contributed by atoms with Crippen LogP contribution in [-0.2, 0) is 4.79 Å². The maximum atomic E-state index is 11.9. The minimum atomic E-state index is -0.276. The Morgan fingerprint density at radius 2 is 2.11 bits per heavy atom. The largest absolute Gasteiger partial charge is 0.346 e. The molecule has 3 nitrogen and oxygen atoms in total. The number of carbonyl (C=O) groups excluding carboxylic acids is 1. The van der Waals surface area contributed by atoms with Crippen LogP contribution in [0.5, 0.6) is 0 Å². The Bertz CT molecular complexity index is 479. The van der Waals surface area contributed by atoms with Crippen LogP contribution in [0.4, 0.5) is 0 Å². The molecule has 0 saturated heterocycles. The maximum absolute atomic E-state index is 11.9. The number of nitrogens with one attached hydrogen (secondary N) is 1. The van der Waals surface area contributed by atoms with Gasteiger partial charge in [0.25, 0.3) is 0 Å². The van der Waals surface area contributed by atoms with Crippen LogP contribution in [0, 0.1) is 5.92 Å². The molecule has 0 aliphatic heterocycles. The van der Waals surface area contributed by atoms with Gasteiger partial charge in [-0.05, 0) is 49.5 Å². The highest BCUT2D eigenvalue weighted by molar-refractivity contribution is 6.30. The van der Waals surface area contributed by atoms with Gasteiger partial charge in [0.05, 0.1) is 5.54 Å². The van der Waals surface area contributed by atoms with E-state index in [-0.39, 0.29) is 11.4 Å². The molecule has 102 valence electrons. The van der Waals surface area contributed by atoms with Crippen LogP contribution in [0.25, 0.3) is 6.08 Å². The lowest BCUT2D eigenvalue weighted by Crippen LogP contribution is -2.52. The summed E-state index contributed by atoms with van der Waals surface area (Å²) in [5, 5.41) is 3.70. The molecule has 0 aromatic heterocycles. The fourth-order valence-corrected chi connectivity index (χ4v) is 2.24. The van der Waals surface area contributed by atoms with Crippen molar-refractivity contribution in [3.8, 4) is 0 Å². The second-order valence-electron chi connectivity index (χ2n) is 5.27. The summed E-state index contributed by atoms with van der Waals surface area (Å²) in [5.74, 6) is 0.417. The molecule has 1 aromatic carbocycles. The lowest BCUT2D eigenvalue weighted by atomic mass is 9.96. The highest BCUT2D eigenvalue weighted by Crippen LogP contribution is 2.38. The SMILES string of the molecule is CC(CN)(NC(=O)/C=C/c1ccc(Cl)cc1)C1CC1. The monoisotopic (exact) mass is 278 g/mol. The van der Waals surface area contributed by atoms with Crippen LogP contribution in [0.1, 0.15) is 25.3 Å². The zero-order valence-electron chi connectivity index (χ0n) is 11.0. The summed E-state index contributed by atoms with van der Waals surface area (Å²) in [6.07, 6.45) is 5.61. The van der Waals surface area contributed by atoms with Crippen molar-refractivity contribution in [2.24, 2.45) is 11.7 Å². The fraction of sp³-hybridized carbons (Fsp3) is 0.400. The van der Waals surface area contributed by atoms with Gasteiger partial charge >= 0.3 is 0 Å². The van der Waals surface area contributed by atoms with Gasteiger partial charge in [-0.15, -0.1) is 0 Å². The first-order valence-corrected chi connectivity index (χ1v) is 6.87. The Morgan fingerprint density at radius 1 is 1.47 bits per heavy atom. The Kier molecular flexibility index (Phi) is 4.27.